The SMILES string of the molecule is CCCC[N+]1=C(/C=C/C(=C/C=C2/N(CCCS(=O)(=O)O)c3ccc4c(S(=O)(=O)O)cccc4c3C2(C)C)c2ccc(C(=O)NCCCCCC(=O)NCCC(=O)Cc3nnc(S(N)(=O)=O)s3)cn2)C(C)(C)c2c1ccc1ccccc21. The molecule has 4 heterocycles. The smallest absolute Gasteiger partial charge is 0.295 e. The zero-order chi connectivity index (χ0) is 58.5. The van der Waals surface area contributed by atoms with Crippen LogP contribution in [0.4, 0.5) is 11.4 Å². The fourth-order valence-corrected chi connectivity index (χ4v) is 13.5. The summed E-state index contributed by atoms with van der Waals surface area (Å²) in [6.07, 6.45) is 13.5. The number of nitrogens with one attached hydrogen (secondary N) is 2. The van der Waals surface area contributed by atoms with Gasteiger partial charge < -0.3 is 15.5 Å². The second-order valence-electron chi connectivity index (χ2n) is 21.2. The number of unbranched alkanes of at least 4 members (excludes halogenated alkanes) is 3. The minimum atomic E-state index is -4.60. The molecule has 0 radical (unpaired) electrons. The lowest BCUT2D eigenvalue weighted by Gasteiger charge is -2.27. The summed E-state index contributed by atoms with van der Waals surface area (Å²) in [7, 11) is -12.9. The van der Waals surface area contributed by atoms with E-state index in [0.29, 0.717) is 59.1 Å². The van der Waals surface area contributed by atoms with Crippen LogP contribution in [-0.4, -0.2) is 109 Å². The Morgan fingerprint density at radius 1 is 0.778 bits per heavy atom. The highest BCUT2D eigenvalue weighted by Crippen LogP contribution is 2.52. The molecular weight excluding hydrogens is 1110 g/mol. The number of ketones is 1. The van der Waals surface area contributed by atoms with Crippen molar-refractivity contribution in [1.29, 1.82) is 0 Å². The Balaban J connectivity index is 1.03. The molecular formula is C58H67N8O11S4+. The van der Waals surface area contributed by atoms with E-state index in [9.17, 15) is 48.7 Å². The van der Waals surface area contributed by atoms with E-state index < -0.39 is 46.8 Å². The van der Waals surface area contributed by atoms with Crippen LogP contribution in [0.25, 0.3) is 27.1 Å². The molecule has 23 heteroatoms. The molecule has 81 heavy (non-hydrogen) atoms. The number of Topliss-reactive ketones (excluding diaryl/α,β-unsaturated/α-hetero) is 1. The summed E-state index contributed by atoms with van der Waals surface area (Å²) in [6.45, 7) is 12.1. The zero-order valence-corrected chi connectivity index (χ0v) is 49.1. The van der Waals surface area contributed by atoms with Crippen molar-refractivity contribution < 1.29 is 53.3 Å². The molecule has 2 aliphatic heterocycles. The van der Waals surface area contributed by atoms with Crippen LogP contribution < -0.4 is 20.7 Å². The highest BCUT2D eigenvalue weighted by Gasteiger charge is 2.46. The van der Waals surface area contributed by atoms with E-state index >= 15 is 0 Å². The molecule has 0 spiro atoms. The molecule has 0 fully saturated rings. The van der Waals surface area contributed by atoms with Crippen molar-refractivity contribution in [2.75, 3.05) is 36.8 Å². The van der Waals surface area contributed by atoms with Crippen LogP contribution in [0.15, 0.2) is 124 Å². The number of sulfonamides is 1. The Morgan fingerprint density at radius 3 is 2.25 bits per heavy atom. The normalized spacial score (nSPS) is 15.7. The van der Waals surface area contributed by atoms with E-state index in [1.807, 2.05) is 43.0 Å². The second kappa shape index (κ2) is 24.7. The van der Waals surface area contributed by atoms with Gasteiger partial charge in [0.25, 0.3) is 36.2 Å². The van der Waals surface area contributed by atoms with Gasteiger partial charge in [-0.3, -0.25) is 28.5 Å². The monoisotopic (exact) mass is 1180 g/mol. The van der Waals surface area contributed by atoms with Crippen LogP contribution in [0, 0.1) is 0 Å². The van der Waals surface area contributed by atoms with Crippen molar-refractivity contribution >= 4 is 103 Å². The first-order valence-electron chi connectivity index (χ1n) is 26.7. The van der Waals surface area contributed by atoms with Gasteiger partial charge in [-0.15, -0.1) is 10.2 Å². The van der Waals surface area contributed by atoms with Crippen molar-refractivity contribution in [3.63, 3.8) is 0 Å². The standard InChI is InChI=1S/C58H66N8O11S4/c1-6-7-33-65-46-26-21-38-15-10-11-16-42(38)53(46)57(2,3)49(65)28-22-39(23-29-50-58(4,5)54-44-17-13-18-48(81(75,76)77)43(44)24-27-47(54)66(50)34-14-35-79(70,71)72)45-25-20-40(37-62-45)55(69)61-31-12-8-9-19-51(68)60-32-30-41(67)36-52-63-64-56(78-52)80(59,73)74/h10-11,13,15-18,20-29,37H,6-9,12,14,19,30-36H2,1-5H3,(H5-,59,60,61,68,69,70,71,72,73,74,75,76,77)/p+1. The van der Waals surface area contributed by atoms with Gasteiger partial charge in [0, 0.05) is 90.6 Å². The summed E-state index contributed by atoms with van der Waals surface area (Å²) in [5.74, 6) is -1.28. The molecule has 0 aliphatic carbocycles. The van der Waals surface area contributed by atoms with Crippen molar-refractivity contribution in [2.45, 2.75) is 112 Å². The minimum absolute atomic E-state index is 0.0353. The van der Waals surface area contributed by atoms with Crippen LogP contribution in [0.3, 0.4) is 0 Å². The molecule has 0 unspecified atom stereocenters. The van der Waals surface area contributed by atoms with E-state index in [-0.39, 0.29) is 70.6 Å². The van der Waals surface area contributed by atoms with Gasteiger partial charge in [-0.2, -0.15) is 21.4 Å². The number of nitrogens with zero attached hydrogens (tertiary/aromatic N) is 5. The Labute approximate surface area is 476 Å². The predicted octanol–water partition coefficient (Wildman–Crippen LogP) is 8.52. The first-order valence-corrected chi connectivity index (χ1v) is 32.1. The fraction of sp³-hybridized carbons (Fsp3) is 0.362. The number of pyridine rings is 1. The number of hydrogen-bond acceptors (Lipinski definition) is 14. The number of anilines is 1. The quantitative estimate of drug-likeness (QED) is 0.0155. The lowest BCUT2D eigenvalue weighted by Crippen LogP contribution is -2.28. The Morgan fingerprint density at radius 2 is 1.54 bits per heavy atom. The Hall–Kier alpha value is -6.86. The third kappa shape index (κ3) is 13.9. The summed E-state index contributed by atoms with van der Waals surface area (Å²) >= 11 is 0.726. The maximum atomic E-state index is 13.5. The molecule has 2 amide bonds. The number of rotatable bonds is 25. The molecule has 19 nitrogen and oxygen atoms in total. The van der Waals surface area contributed by atoms with E-state index in [1.165, 1.54) is 23.2 Å². The lowest BCUT2D eigenvalue weighted by atomic mass is 9.79. The van der Waals surface area contributed by atoms with Crippen LogP contribution in [0.1, 0.15) is 118 Å². The maximum absolute atomic E-state index is 13.5. The Kier molecular flexibility index (Phi) is 18.4. The van der Waals surface area contributed by atoms with E-state index in [4.69, 9.17) is 10.1 Å². The molecule has 428 valence electrons. The van der Waals surface area contributed by atoms with E-state index in [0.717, 1.165) is 58.8 Å². The van der Waals surface area contributed by atoms with E-state index in [2.05, 4.69) is 82.6 Å². The van der Waals surface area contributed by atoms with Gasteiger partial charge >= 0.3 is 0 Å². The van der Waals surface area contributed by atoms with Gasteiger partial charge in [0.2, 0.25) is 15.9 Å². The number of amides is 2. The topological polar surface area (TPSA) is 289 Å². The molecule has 2 aromatic heterocycles. The fourth-order valence-electron chi connectivity index (χ4n) is 10.8. The number of primary sulfonamides is 1. The molecule has 0 atom stereocenters. The number of hydrogen-bond donors (Lipinski definition) is 5. The van der Waals surface area contributed by atoms with E-state index in [1.54, 1.807) is 36.4 Å². The first-order chi connectivity index (χ1) is 38.3. The average Bonchev–Trinajstić information content (AvgIpc) is 4.08. The number of carbonyl (C=O) groups is 3. The van der Waals surface area contributed by atoms with Gasteiger partial charge in [0.1, 0.15) is 22.2 Å². The summed E-state index contributed by atoms with van der Waals surface area (Å²) in [5.41, 5.74) is 5.99. The molecule has 0 saturated carbocycles. The summed E-state index contributed by atoms with van der Waals surface area (Å²) in [4.78, 5) is 44.9. The zero-order valence-electron chi connectivity index (χ0n) is 45.8. The van der Waals surface area contributed by atoms with Crippen LogP contribution in [-0.2, 0) is 57.1 Å². The second-order valence-corrected chi connectivity index (χ2v) is 27.0. The third-order valence-electron chi connectivity index (χ3n) is 14.7. The van der Waals surface area contributed by atoms with Crippen molar-refractivity contribution in [3.05, 3.63) is 142 Å². The van der Waals surface area contributed by atoms with Gasteiger partial charge in [0.15, 0.2) is 5.71 Å². The van der Waals surface area contributed by atoms with Crippen LogP contribution in [0.5, 0.6) is 0 Å². The van der Waals surface area contributed by atoms with Gasteiger partial charge in [-0.25, -0.2) is 13.6 Å². The number of allylic oxidation sites excluding steroid dienone is 6. The predicted molar refractivity (Wildman–Crippen MR) is 315 cm³/mol. The molecule has 8 rings (SSSR count). The first kappa shape index (κ1) is 60.2. The highest BCUT2D eigenvalue weighted by atomic mass is 32.2. The summed E-state index contributed by atoms with van der Waals surface area (Å²) in [6, 6.07) is 24.3. The molecule has 6 aromatic rings. The van der Waals surface area contributed by atoms with Crippen molar-refractivity contribution in [3.8, 4) is 0 Å². The maximum Gasteiger partial charge on any atom is 0.295 e. The van der Waals surface area contributed by atoms with Crippen LogP contribution >= 0.6 is 11.3 Å². The highest BCUT2D eigenvalue weighted by molar-refractivity contribution is 7.91. The third-order valence-corrected chi connectivity index (χ3v) is 18.6. The van der Waals surface area contributed by atoms with Gasteiger partial charge in [0.05, 0.1) is 28.8 Å². The number of nitrogens with two attached hydrogens (primary N) is 1. The Bertz CT molecular complexity index is 3910. The van der Waals surface area contributed by atoms with Crippen molar-refractivity contribution in [2.24, 2.45) is 5.14 Å². The van der Waals surface area contributed by atoms with Gasteiger partial charge in [-0.1, -0.05) is 93.5 Å². The average molecular weight is 1180 g/mol. The minimum Gasteiger partial charge on any atom is -0.356 e. The number of fused-ring (bicyclic) bond motifs is 6. The number of benzene rings is 4. The summed E-state index contributed by atoms with van der Waals surface area (Å²) in [5, 5.41) is 21.4. The molecule has 4 aromatic carbocycles. The molecule has 0 bridgehead atoms. The lowest BCUT2D eigenvalue weighted by molar-refractivity contribution is -0.438. The molecule has 6 N–H and O–H groups in total. The largest absolute Gasteiger partial charge is 0.356 e. The summed E-state index contributed by atoms with van der Waals surface area (Å²) < 4.78 is 94.1. The molecule has 2 aliphatic rings. The number of carbonyl (C=O) groups excluding carboxylic acids is 3. The number of aromatic nitrogens is 3. The van der Waals surface area contributed by atoms with Crippen molar-refractivity contribution in [1.82, 2.24) is 25.8 Å². The van der Waals surface area contributed by atoms with Gasteiger partial charge in [-0.05, 0) is 97.3 Å². The molecule has 0 saturated heterocycles. The van der Waals surface area contributed by atoms with Crippen LogP contribution in [0.2, 0.25) is 0 Å².